The molecule has 10 heteroatoms. The van der Waals surface area contributed by atoms with E-state index in [1.54, 1.807) is 29.2 Å². The van der Waals surface area contributed by atoms with Crippen LogP contribution in [0.3, 0.4) is 0 Å². The second-order valence-electron chi connectivity index (χ2n) is 5.59. The average molecular weight is 327 g/mol. The number of hydrogen-bond acceptors (Lipinski definition) is 6. The van der Waals surface area contributed by atoms with Crippen molar-refractivity contribution in [2.75, 3.05) is 19.6 Å². The van der Waals surface area contributed by atoms with Gasteiger partial charge in [0.15, 0.2) is 0 Å². The minimum Gasteiger partial charge on any atom is -0.334 e. The molecule has 10 nitrogen and oxygen atoms in total. The van der Waals surface area contributed by atoms with Gasteiger partial charge in [0.25, 0.3) is 5.91 Å². The summed E-state index contributed by atoms with van der Waals surface area (Å²) in [6, 6.07) is 6.29. The highest BCUT2D eigenvalue weighted by atomic mass is 16.2. The number of rotatable bonds is 3. The number of hydrogen-bond donors (Lipinski definition) is 1. The summed E-state index contributed by atoms with van der Waals surface area (Å²) in [7, 11) is 0. The number of aromatic nitrogens is 4. The quantitative estimate of drug-likeness (QED) is 0.726. The molecule has 24 heavy (non-hydrogen) atoms. The Hall–Kier alpha value is -3.30. The molecular weight excluding hydrogens is 314 g/mol. The molecule has 0 bridgehead atoms. The molecule has 2 aliphatic heterocycles. The summed E-state index contributed by atoms with van der Waals surface area (Å²) in [5, 5.41) is 13.4. The Balaban J connectivity index is 1.45. The number of urea groups is 1. The van der Waals surface area contributed by atoms with Crippen molar-refractivity contribution in [3.63, 3.8) is 0 Å². The van der Waals surface area contributed by atoms with Crippen molar-refractivity contribution >= 4 is 17.8 Å². The van der Waals surface area contributed by atoms with Crippen molar-refractivity contribution in [3.05, 3.63) is 36.2 Å². The lowest BCUT2D eigenvalue weighted by molar-refractivity contribution is -0.128. The van der Waals surface area contributed by atoms with Gasteiger partial charge >= 0.3 is 6.03 Å². The second kappa shape index (κ2) is 5.41. The molecule has 1 aromatic carbocycles. The third-order valence-electron chi connectivity index (χ3n) is 4.10. The van der Waals surface area contributed by atoms with Gasteiger partial charge in [0.2, 0.25) is 5.91 Å². The molecule has 122 valence electrons. The number of tetrazole rings is 1. The molecule has 0 unspecified atom stereocenters. The Kier molecular flexibility index (Phi) is 3.22. The van der Waals surface area contributed by atoms with E-state index >= 15 is 0 Å². The van der Waals surface area contributed by atoms with Crippen molar-refractivity contribution in [2.45, 2.75) is 6.04 Å². The van der Waals surface area contributed by atoms with Crippen molar-refractivity contribution < 1.29 is 14.4 Å². The fourth-order valence-electron chi connectivity index (χ4n) is 2.83. The van der Waals surface area contributed by atoms with Gasteiger partial charge in [-0.25, -0.2) is 9.48 Å². The number of nitrogens with one attached hydrogen (secondary N) is 1. The number of benzene rings is 1. The standard InChI is InChI=1S/C14H13N7O3/c22-12-5-15-14(24)21(12)11-6-19(7-11)13(23)9-2-1-3-10(4-9)20-8-16-17-18-20/h1-4,8,11H,5-7H2,(H,15,24). The number of carbonyl (C=O) groups excluding carboxylic acids is 3. The van der Waals surface area contributed by atoms with Gasteiger partial charge in [0, 0.05) is 18.7 Å². The largest absolute Gasteiger partial charge is 0.334 e. The zero-order chi connectivity index (χ0) is 16.7. The summed E-state index contributed by atoms with van der Waals surface area (Å²) in [6.07, 6.45) is 1.45. The fourth-order valence-corrected chi connectivity index (χ4v) is 2.83. The van der Waals surface area contributed by atoms with Gasteiger partial charge in [-0.3, -0.25) is 14.5 Å². The lowest BCUT2D eigenvalue weighted by Gasteiger charge is -2.42. The smallest absolute Gasteiger partial charge is 0.324 e. The van der Waals surface area contributed by atoms with Crippen LogP contribution in [0.1, 0.15) is 10.4 Å². The van der Waals surface area contributed by atoms with Gasteiger partial charge in [-0.05, 0) is 28.6 Å². The number of likely N-dealkylation sites (tertiary alicyclic amines) is 1. The third kappa shape index (κ3) is 2.28. The van der Waals surface area contributed by atoms with E-state index < -0.39 is 6.03 Å². The zero-order valence-corrected chi connectivity index (χ0v) is 12.5. The van der Waals surface area contributed by atoms with E-state index in [0.717, 1.165) is 0 Å². The van der Waals surface area contributed by atoms with Crippen LogP contribution in [0.15, 0.2) is 30.6 Å². The van der Waals surface area contributed by atoms with E-state index in [9.17, 15) is 14.4 Å². The molecule has 2 fully saturated rings. The normalized spacial score (nSPS) is 17.8. The number of amides is 4. The van der Waals surface area contributed by atoms with Gasteiger partial charge in [0.1, 0.15) is 6.33 Å². The van der Waals surface area contributed by atoms with Crippen molar-refractivity contribution in [1.29, 1.82) is 0 Å². The molecular formula is C14H13N7O3. The van der Waals surface area contributed by atoms with Crippen LogP contribution in [0.2, 0.25) is 0 Å². The number of nitrogens with zero attached hydrogens (tertiary/aromatic N) is 6. The van der Waals surface area contributed by atoms with Crippen LogP contribution in [0.4, 0.5) is 4.79 Å². The number of imide groups is 1. The van der Waals surface area contributed by atoms with Gasteiger partial charge in [-0.15, -0.1) is 5.10 Å². The monoisotopic (exact) mass is 327 g/mol. The van der Waals surface area contributed by atoms with Crippen molar-refractivity contribution in [3.8, 4) is 5.69 Å². The summed E-state index contributed by atoms with van der Waals surface area (Å²) in [5.41, 5.74) is 1.18. The Morgan fingerprint density at radius 2 is 2.08 bits per heavy atom. The average Bonchev–Trinajstić information content (AvgIpc) is 3.19. The molecule has 0 aliphatic carbocycles. The third-order valence-corrected chi connectivity index (χ3v) is 4.10. The van der Waals surface area contributed by atoms with Gasteiger partial charge in [-0.1, -0.05) is 6.07 Å². The highest BCUT2D eigenvalue weighted by molar-refractivity contribution is 6.03. The van der Waals surface area contributed by atoms with Crippen LogP contribution >= 0.6 is 0 Å². The van der Waals surface area contributed by atoms with E-state index in [0.29, 0.717) is 24.3 Å². The van der Waals surface area contributed by atoms with Crippen LogP contribution < -0.4 is 5.32 Å². The predicted octanol–water partition coefficient (Wildman–Crippen LogP) is -0.961. The first-order valence-electron chi connectivity index (χ1n) is 7.36. The Morgan fingerprint density at radius 3 is 2.75 bits per heavy atom. The summed E-state index contributed by atoms with van der Waals surface area (Å²) in [4.78, 5) is 38.6. The van der Waals surface area contributed by atoms with Crippen molar-refractivity contribution in [2.24, 2.45) is 0 Å². The minimum atomic E-state index is -0.391. The first kappa shape index (κ1) is 14.3. The molecule has 4 amide bonds. The van der Waals surface area contributed by atoms with Gasteiger partial charge < -0.3 is 10.2 Å². The molecule has 2 saturated heterocycles. The zero-order valence-electron chi connectivity index (χ0n) is 12.5. The van der Waals surface area contributed by atoms with Crippen LogP contribution in [0.5, 0.6) is 0 Å². The molecule has 3 heterocycles. The number of carbonyl (C=O) groups is 3. The molecule has 0 spiro atoms. The van der Waals surface area contributed by atoms with Gasteiger partial charge in [0.05, 0.1) is 18.3 Å². The SMILES string of the molecule is O=C(c1cccc(-n2cnnn2)c1)N1CC(N2C(=O)CNC2=O)C1. The summed E-state index contributed by atoms with van der Waals surface area (Å²) in [6.45, 7) is 0.706. The van der Waals surface area contributed by atoms with Crippen molar-refractivity contribution in [1.82, 2.24) is 35.3 Å². The van der Waals surface area contributed by atoms with Crippen LogP contribution in [0.25, 0.3) is 5.69 Å². The summed E-state index contributed by atoms with van der Waals surface area (Å²) in [5.74, 6) is -0.411. The molecule has 4 rings (SSSR count). The van der Waals surface area contributed by atoms with E-state index in [4.69, 9.17) is 0 Å². The maximum absolute atomic E-state index is 12.5. The molecule has 1 aromatic heterocycles. The van der Waals surface area contributed by atoms with E-state index in [2.05, 4.69) is 20.8 Å². The Labute approximate surface area is 136 Å². The molecule has 0 radical (unpaired) electrons. The molecule has 2 aliphatic rings. The van der Waals surface area contributed by atoms with Crippen LogP contribution in [0, 0.1) is 0 Å². The van der Waals surface area contributed by atoms with E-state index in [-0.39, 0.29) is 24.4 Å². The minimum absolute atomic E-state index is 0.0251. The molecule has 0 saturated carbocycles. The first-order chi connectivity index (χ1) is 11.6. The second-order valence-corrected chi connectivity index (χ2v) is 5.59. The maximum atomic E-state index is 12.5. The lowest BCUT2D eigenvalue weighted by atomic mass is 10.0. The van der Waals surface area contributed by atoms with Gasteiger partial charge in [-0.2, -0.15) is 0 Å². The van der Waals surface area contributed by atoms with Crippen LogP contribution in [-0.2, 0) is 4.79 Å². The Bertz CT molecular complexity index is 798. The Morgan fingerprint density at radius 1 is 1.25 bits per heavy atom. The fraction of sp³-hybridized carbons (Fsp3) is 0.286. The first-order valence-corrected chi connectivity index (χ1v) is 7.36. The molecule has 1 N–H and O–H groups in total. The topological polar surface area (TPSA) is 113 Å². The van der Waals surface area contributed by atoms with E-state index in [1.165, 1.54) is 15.9 Å². The van der Waals surface area contributed by atoms with E-state index in [1.807, 2.05) is 0 Å². The summed E-state index contributed by atoms with van der Waals surface area (Å²) >= 11 is 0. The highest BCUT2D eigenvalue weighted by Gasteiger charge is 2.43. The van der Waals surface area contributed by atoms with Crippen LogP contribution in [-0.4, -0.2) is 73.5 Å². The maximum Gasteiger partial charge on any atom is 0.324 e. The molecule has 2 aromatic rings. The summed E-state index contributed by atoms with van der Waals surface area (Å²) < 4.78 is 1.46. The molecule has 0 atom stereocenters. The highest BCUT2D eigenvalue weighted by Crippen LogP contribution is 2.21. The lowest BCUT2D eigenvalue weighted by Crippen LogP contribution is -2.62. The predicted molar refractivity (Wildman–Crippen MR) is 79.1 cm³/mol.